The lowest BCUT2D eigenvalue weighted by Crippen LogP contribution is -2.28. The fraction of sp³-hybridized carbons (Fsp3) is 0.222. The fourth-order valence-corrected chi connectivity index (χ4v) is 2.41. The average Bonchev–Trinajstić information content (AvgIpc) is 3.08. The molecule has 3 aromatic heterocycles. The number of hydrogen-bond acceptors (Lipinski definition) is 5. The van der Waals surface area contributed by atoms with Gasteiger partial charge in [0.05, 0.1) is 6.61 Å². The molecular formula is C18H20N6O2. The van der Waals surface area contributed by atoms with Crippen LogP contribution in [0.5, 0.6) is 5.88 Å². The average molecular weight is 352 g/mol. The number of rotatable bonds is 6. The van der Waals surface area contributed by atoms with Gasteiger partial charge in [-0.15, -0.1) is 0 Å². The first-order valence-electron chi connectivity index (χ1n) is 8.25. The zero-order valence-electron chi connectivity index (χ0n) is 14.6. The molecule has 0 fully saturated rings. The Morgan fingerprint density at radius 1 is 1.19 bits per heavy atom. The molecule has 0 aromatic carbocycles. The lowest BCUT2D eigenvalue weighted by atomic mass is 10.2. The Hall–Kier alpha value is -3.42. The highest BCUT2D eigenvalue weighted by Crippen LogP contribution is 2.20. The largest absolute Gasteiger partial charge is 0.476 e. The van der Waals surface area contributed by atoms with Crippen LogP contribution in [0.15, 0.2) is 49.1 Å². The minimum absolute atomic E-state index is 0.337. The number of nitrogens with zero attached hydrogens (tertiary/aromatic N) is 4. The number of amides is 2. The van der Waals surface area contributed by atoms with E-state index < -0.39 is 0 Å². The van der Waals surface area contributed by atoms with Crippen LogP contribution < -0.4 is 15.4 Å². The number of hydrogen-bond donors (Lipinski definition) is 2. The van der Waals surface area contributed by atoms with E-state index in [2.05, 4.69) is 25.6 Å². The molecule has 0 radical (unpaired) electrons. The van der Waals surface area contributed by atoms with Crippen LogP contribution in [0, 0.1) is 6.92 Å². The molecule has 3 heterocycles. The first kappa shape index (κ1) is 17.4. The van der Waals surface area contributed by atoms with E-state index in [-0.39, 0.29) is 6.03 Å². The second kappa shape index (κ2) is 8.11. The summed E-state index contributed by atoms with van der Waals surface area (Å²) in [6.45, 7) is 4.60. The van der Waals surface area contributed by atoms with Crippen LogP contribution in [-0.4, -0.2) is 32.2 Å². The van der Waals surface area contributed by atoms with E-state index in [0.717, 1.165) is 17.2 Å². The number of aryl methyl sites for hydroxylation is 1. The van der Waals surface area contributed by atoms with E-state index in [1.807, 2.05) is 36.7 Å². The maximum absolute atomic E-state index is 12.2. The summed E-state index contributed by atoms with van der Waals surface area (Å²) in [6, 6.07) is 6.90. The second-order valence-electron chi connectivity index (χ2n) is 5.46. The SMILES string of the molecule is CCOc1ncccc1NC(=O)NCc1ccnc(-n2ccnc2C)c1. The molecule has 0 aliphatic rings. The van der Waals surface area contributed by atoms with Crippen molar-refractivity contribution in [3.63, 3.8) is 0 Å². The van der Waals surface area contributed by atoms with Gasteiger partial charge < -0.3 is 15.4 Å². The number of anilines is 1. The Kier molecular flexibility index (Phi) is 5.43. The Bertz CT molecular complexity index is 893. The predicted molar refractivity (Wildman–Crippen MR) is 97.4 cm³/mol. The summed E-state index contributed by atoms with van der Waals surface area (Å²) in [6.07, 6.45) is 6.89. The number of ether oxygens (including phenoxy) is 1. The summed E-state index contributed by atoms with van der Waals surface area (Å²) in [4.78, 5) is 24.8. The molecule has 0 spiro atoms. The Balaban J connectivity index is 1.63. The van der Waals surface area contributed by atoms with Crippen LogP contribution in [0.25, 0.3) is 5.82 Å². The number of urea groups is 1. The molecule has 26 heavy (non-hydrogen) atoms. The molecule has 0 aliphatic carbocycles. The smallest absolute Gasteiger partial charge is 0.319 e. The summed E-state index contributed by atoms with van der Waals surface area (Å²) < 4.78 is 7.28. The van der Waals surface area contributed by atoms with E-state index >= 15 is 0 Å². The van der Waals surface area contributed by atoms with Gasteiger partial charge in [-0.25, -0.2) is 19.7 Å². The Morgan fingerprint density at radius 2 is 2.08 bits per heavy atom. The monoisotopic (exact) mass is 352 g/mol. The molecule has 2 N–H and O–H groups in total. The highest BCUT2D eigenvalue weighted by atomic mass is 16.5. The minimum Gasteiger partial charge on any atom is -0.476 e. The fourth-order valence-electron chi connectivity index (χ4n) is 2.41. The van der Waals surface area contributed by atoms with Gasteiger partial charge in [0.15, 0.2) is 0 Å². The number of imidazole rings is 1. The van der Waals surface area contributed by atoms with E-state index in [1.165, 1.54) is 0 Å². The zero-order chi connectivity index (χ0) is 18.4. The van der Waals surface area contributed by atoms with E-state index in [0.29, 0.717) is 24.7 Å². The predicted octanol–water partition coefficient (Wildman–Crippen LogP) is 2.69. The van der Waals surface area contributed by atoms with Gasteiger partial charge in [0.1, 0.15) is 17.3 Å². The summed E-state index contributed by atoms with van der Waals surface area (Å²) in [7, 11) is 0. The van der Waals surface area contributed by atoms with Gasteiger partial charge >= 0.3 is 6.03 Å². The van der Waals surface area contributed by atoms with Gasteiger partial charge in [-0.05, 0) is 43.7 Å². The van der Waals surface area contributed by atoms with Crippen LogP contribution in [0.4, 0.5) is 10.5 Å². The molecule has 2 amide bonds. The standard InChI is InChI=1S/C18H20N6O2/c1-3-26-17-15(5-4-7-21-17)23-18(25)22-12-14-6-8-20-16(11-14)24-10-9-19-13(24)2/h4-11H,3,12H2,1-2H3,(H2,22,23,25). The van der Waals surface area contributed by atoms with Gasteiger partial charge in [-0.3, -0.25) is 4.57 Å². The first-order chi connectivity index (χ1) is 12.7. The van der Waals surface area contributed by atoms with E-state index in [1.54, 1.807) is 30.7 Å². The molecule has 0 bridgehead atoms. The summed E-state index contributed by atoms with van der Waals surface area (Å²) in [5.41, 5.74) is 1.45. The van der Waals surface area contributed by atoms with Crippen molar-refractivity contribution in [1.29, 1.82) is 0 Å². The molecule has 134 valence electrons. The molecule has 0 atom stereocenters. The maximum atomic E-state index is 12.2. The molecule has 0 saturated heterocycles. The lowest BCUT2D eigenvalue weighted by Gasteiger charge is -2.11. The summed E-state index contributed by atoms with van der Waals surface area (Å²) in [5, 5.41) is 5.57. The van der Waals surface area contributed by atoms with Crippen molar-refractivity contribution in [2.24, 2.45) is 0 Å². The van der Waals surface area contributed by atoms with E-state index in [4.69, 9.17) is 4.74 Å². The quantitative estimate of drug-likeness (QED) is 0.711. The number of carbonyl (C=O) groups excluding carboxylic acids is 1. The third-order valence-electron chi connectivity index (χ3n) is 3.64. The van der Waals surface area contributed by atoms with Gasteiger partial charge in [0.2, 0.25) is 5.88 Å². The molecule has 3 rings (SSSR count). The highest BCUT2D eigenvalue weighted by Gasteiger charge is 2.09. The van der Waals surface area contributed by atoms with Gasteiger partial charge in [0, 0.05) is 31.3 Å². The Labute approximate surface area is 151 Å². The molecular weight excluding hydrogens is 332 g/mol. The molecule has 8 heteroatoms. The van der Waals surface area contributed by atoms with Crippen LogP contribution in [0.2, 0.25) is 0 Å². The number of carbonyl (C=O) groups is 1. The van der Waals surface area contributed by atoms with Crippen molar-refractivity contribution >= 4 is 11.7 Å². The number of aromatic nitrogens is 4. The molecule has 8 nitrogen and oxygen atoms in total. The van der Waals surface area contributed by atoms with Crippen LogP contribution in [0.1, 0.15) is 18.3 Å². The van der Waals surface area contributed by atoms with Crippen molar-refractivity contribution < 1.29 is 9.53 Å². The lowest BCUT2D eigenvalue weighted by molar-refractivity contribution is 0.251. The molecule has 0 unspecified atom stereocenters. The molecule has 0 aliphatic heterocycles. The van der Waals surface area contributed by atoms with Crippen molar-refractivity contribution in [2.45, 2.75) is 20.4 Å². The number of pyridine rings is 2. The summed E-state index contributed by atoms with van der Waals surface area (Å²) in [5.74, 6) is 2.00. The normalized spacial score (nSPS) is 10.4. The third kappa shape index (κ3) is 4.15. The topological polar surface area (TPSA) is 94.0 Å². The van der Waals surface area contributed by atoms with Gasteiger partial charge in [0.25, 0.3) is 0 Å². The zero-order valence-corrected chi connectivity index (χ0v) is 14.6. The van der Waals surface area contributed by atoms with E-state index in [9.17, 15) is 4.79 Å². The van der Waals surface area contributed by atoms with Crippen molar-refractivity contribution in [2.75, 3.05) is 11.9 Å². The third-order valence-corrected chi connectivity index (χ3v) is 3.64. The number of nitrogens with one attached hydrogen (secondary N) is 2. The van der Waals surface area contributed by atoms with Crippen LogP contribution in [0.3, 0.4) is 0 Å². The Morgan fingerprint density at radius 3 is 2.85 bits per heavy atom. The maximum Gasteiger partial charge on any atom is 0.319 e. The van der Waals surface area contributed by atoms with Crippen molar-refractivity contribution in [3.8, 4) is 11.7 Å². The second-order valence-corrected chi connectivity index (χ2v) is 5.46. The van der Waals surface area contributed by atoms with Gasteiger partial charge in [-0.1, -0.05) is 0 Å². The summed E-state index contributed by atoms with van der Waals surface area (Å²) >= 11 is 0. The highest BCUT2D eigenvalue weighted by molar-refractivity contribution is 5.90. The minimum atomic E-state index is -0.337. The van der Waals surface area contributed by atoms with Crippen LogP contribution >= 0.6 is 0 Å². The molecule has 3 aromatic rings. The first-order valence-corrected chi connectivity index (χ1v) is 8.25. The van der Waals surface area contributed by atoms with Crippen molar-refractivity contribution in [1.82, 2.24) is 24.8 Å². The molecule has 0 saturated carbocycles. The van der Waals surface area contributed by atoms with Crippen LogP contribution in [-0.2, 0) is 6.54 Å². The van der Waals surface area contributed by atoms with Gasteiger partial charge in [-0.2, -0.15) is 0 Å². The van der Waals surface area contributed by atoms with Crippen molar-refractivity contribution in [3.05, 3.63) is 60.4 Å².